The number of aliphatic hydroxyl groups is 1. The molecule has 3 N–H and O–H groups in total. The second kappa shape index (κ2) is 7.00. The fourth-order valence-electron chi connectivity index (χ4n) is 2.55. The van der Waals surface area contributed by atoms with Crippen LogP contribution in [0.15, 0.2) is 24.4 Å². The molecule has 1 amide bonds. The maximum Gasteiger partial charge on any atom is 0.270 e. The van der Waals surface area contributed by atoms with Crippen LogP contribution in [0.1, 0.15) is 32.8 Å². The van der Waals surface area contributed by atoms with E-state index in [2.05, 4.69) is 10.3 Å². The smallest absolute Gasteiger partial charge is 0.270 e. The van der Waals surface area contributed by atoms with Crippen molar-refractivity contribution >= 4 is 22.5 Å². The standard InChI is InChI=1S/C17H23N3O4/c1-4-11(2)17(3,22)10-19-16(21)7-12-9-18-15-6-5-13(20(23)24)8-14(12)15/h5-6,8-9,11,18,22H,4,7,10H2,1-3H3,(H,19,21). The van der Waals surface area contributed by atoms with E-state index in [0.29, 0.717) is 10.9 Å². The summed E-state index contributed by atoms with van der Waals surface area (Å²) in [6.07, 6.45) is 2.59. The summed E-state index contributed by atoms with van der Waals surface area (Å²) in [6.45, 7) is 5.80. The zero-order valence-corrected chi connectivity index (χ0v) is 14.1. The Hall–Kier alpha value is -2.41. The Morgan fingerprint density at radius 1 is 1.50 bits per heavy atom. The van der Waals surface area contributed by atoms with Crippen molar-refractivity contribution in [1.29, 1.82) is 0 Å². The van der Waals surface area contributed by atoms with E-state index in [9.17, 15) is 20.0 Å². The number of nitro benzene ring substituents is 1. The Morgan fingerprint density at radius 2 is 2.21 bits per heavy atom. The van der Waals surface area contributed by atoms with Gasteiger partial charge in [-0.05, 0) is 24.5 Å². The number of non-ortho nitro benzene ring substituents is 1. The number of nitrogens with one attached hydrogen (secondary N) is 2. The van der Waals surface area contributed by atoms with Gasteiger partial charge in [-0.3, -0.25) is 14.9 Å². The van der Waals surface area contributed by atoms with Gasteiger partial charge in [-0.1, -0.05) is 20.3 Å². The van der Waals surface area contributed by atoms with Crippen molar-refractivity contribution in [2.45, 2.75) is 39.2 Å². The number of carbonyl (C=O) groups is 1. The first kappa shape index (κ1) is 17.9. The molecule has 1 aromatic heterocycles. The van der Waals surface area contributed by atoms with Gasteiger partial charge in [0.2, 0.25) is 5.91 Å². The third kappa shape index (κ3) is 3.91. The number of benzene rings is 1. The first-order chi connectivity index (χ1) is 11.2. The van der Waals surface area contributed by atoms with Gasteiger partial charge in [0.25, 0.3) is 5.69 Å². The van der Waals surface area contributed by atoms with Gasteiger partial charge in [-0.2, -0.15) is 0 Å². The second-order valence-corrected chi connectivity index (χ2v) is 6.42. The largest absolute Gasteiger partial charge is 0.388 e. The average molecular weight is 333 g/mol. The van der Waals surface area contributed by atoms with Crippen molar-refractivity contribution in [3.63, 3.8) is 0 Å². The van der Waals surface area contributed by atoms with Crippen LogP contribution in [-0.2, 0) is 11.2 Å². The first-order valence-electron chi connectivity index (χ1n) is 7.98. The number of nitro groups is 1. The molecule has 130 valence electrons. The predicted molar refractivity (Wildman–Crippen MR) is 91.7 cm³/mol. The van der Waals surface area contributed by atoms with Gasteiger partial charge in [0.15, 0.2) is 0 Å². The predicted octanol–water partition coefficient (Wildman–Crippen LogP) is 2.53. The summed E-state index contributed by atoms with van der Waals surface area (Å²) in [5.41, 5.74) is 0.455. The number of fused-ring (bicyclic) bond motifs is 1. The molecular weight excluding hydrogens is 310 g/mol. The molecule has 7 nitrogen and oxygen atoms in total. The minimum absolute atomic E-state index is 0.0107. The molecular formula is C17H23N3O4. The van der Waals surface area contributed by atoms with E-state index >= 15 is 0 Å². The lowest BCUT2D eigenvalue weighted by molar-refractivity contribution is -0.384. The van der Waals surface area contributed by atoms with E-state index in [0.717, 1.165) is 11.9 Å². The minimum atomic E-state index is -0.969. The highest BCUT2D eigenvalue weighted by molar-refractivity contribution is 5.90. The monoisotopic (exact) mass is 333 g/mol. The number of hydrogen-bond donors (Lipinski definition) is 3. The van der Waals surface area contributed by atoms with Crippen LogP contribution >= 0.6 is 0 Å². The van der Waals surface area contributed by atoms with Gasteiger partial charge in [0, 0.05) is 35.8 Å². The number of amides is 1. The molecule has 0 aliphatic heterocycles. The van der Waals surface area contributed by atoms with Crippen LogP contribution in [0.5, 0.6) is 0 Å². The Bertz CT molecular complexity index is 751. The maximum atomic E-state index is 12.2. The zero-order chi connectivity index (χ0) is 17.9. The van der Waals surface area contributed by atoms with Crippen molar-refractivity contribution in [2.75, 3.05) is 6.54 Å². The van der Waals surface area contributed by atoms with E-state index in [1.54, 1.807) is 19.2 Å². The summed E-state index contributed by atoms with van der Waals surface area (Å²) in [6, 6.07) is 4.51. The van der Waals surface area contributed by atoms with Crippen molar-refractivity contribution in [2.24, 2.45) is 5.92 Å². The molecule has 2 aromatic rings. The van der Waals surface area contributed by atoms with E-state index in [1.807, 2.05) is 13.8 Å². The highest BCUT2D eigenvalue weighted by atomic mass is 16.6. The highest BCUT2D eigenvalue weighted by Crippen LogP contribution is 2.24. The van der Waals surface area contributed by atoms with Crippen molar-refractivity contribution in [3.05, 3.63) is 40.1 Å². The molecule has 7 heteroatoms. The molecule has 0 radical (unpaired) electrons. The van der Waals surface area contributed by atoms with Crippen LogP contribution in [0.2, 0.25) is 0 Å². The van der Waals surface area contributed by atoms with Crippen LogP contribution in [0.3, 0.4) is 0 Å². The average Bonchev–Trinajstić information content (AvgIpc) is 2.94. The molecule has 0 aliphatic carbocycles. The topological polar surface area (TPSA) is 108 Å². The summed E-state index contributed by atoms with van der Waals surface area (Å²) < 4.78 is 0. The molecule has 2 unspecified atom stereocenters. The molecule has 0 aliphatic rings. The molecule has 24 heavy (non-hydrogen) atoms. The molecule has 0 saturated heterocycles. The molecule has 0 spiro atoms. The molecule has 1 heterocycles. The Labute approximate surface area is 140 Å². The summed E-state index contributed by atoms with van der Waals surface area (Å²) >= 11 is 0. The lowest BCUT2D eigenvalue weighted by atomic mass is 9.88. The van der Waals surface area contributed by atoms with Gasteiger partial charge < -0.3 is 15.4 Å². The Balaban J connectivity index is 2.08. The number of aromatic amines is 1. The van der Waals surface area contributed by atoms with E-state index in [-0.39, 0.29) is 30.5 Å². The Morgan fingerprint density at radius 3 is 2.83 bits per heavy atom. The molecule has 2 rings (SSSR count). The summed E-state index contributed by atoms with van der Waals surface area (Å²) in [5.74, 6) is -0.167. The number of aromatic nitrogens is 1. The number of H-pyrrole nitrogens is 1. The second-order valence-electron chi connectivity index (χ2n) is 6.42. The lowest BCUT2D eigenvalue weighted by Crippen LogP contribution is -2.45. The van der Waals surface area contributed by atoms with E-state index < -0.39 is 10.5 Å². The molecule has 1 aromatic carbocycles. The first-order valence-corrected chi connectivity index (χ1v) is 7.98. The third-order valence-electron chi connectivity index (χ3n) is 4.63. The van der Waals surface area contributed by atoms with Crippen LogP contribution in [0, 0.1) is 16.0 Å². The lowest BCUT2D eigenvalue weighted by Gasteiger charge is -2.29. The van der Waals surface area contributed by atoms with E-state index in [1.165, 1.54) is 12.1 Å². The molecule has 0 saturated carbocycles. The summed E-state index contributed by atoms with van der Waals surface area (Å²) in [5, 5.41) is 24.6. The van der Waals surface area contributed by atoms with E-state index in [4.69, 9.17) is 0 Å². The number of hydrogen-bond acceptors (Lipinski definition) is 4. The molecule has 0 fully saturated rings. The van der Waals surface area contributed by atoms with Gasteiger partial charge in [-0.15, -0.1) is 0 Å². The van der Waals surface area contributed by atoms with Crippen LogP contribution < -0.4 is 5.32 Å². The van der Waals surface area contributed by atoms with Gasteiger partial charge in [0.1, 0.15) is 0 Å². The highest BCUT2D eigenvalue weighted by Gasteiger charge is 2.27. The number of carbonyl (C=O) groups excluding carboxylic acids is 1. The summed E-state index contributed by atoms with van der Waals surface area (Å²) in [4.78, 5) is 25.6. The maximum absolute atomic E-state index is 12.2. The normalized spacial score (nSPS) is 15.0. The molecule has 0 bridgehead atoms. The zero-order valence-electron chi connectivity index (χ0n) is 14.1. The quantitative estimate of drug-likeness (QED) is 0.534. The van der Waals surface area contributed by atoms with Crippen molar-refractivity contribution in [3.8, 4) is 0 Å². The van der Waals surface area contributed by atoms with Gasteiger partial charge >= 0.3 is 0 Å². The fraction of sp³-hybridized carbons (Fsp3) is 0.471. The van der Waals surface area contributed by atoms with Crippen LogP contribution in [-0.4, -0.2) is 33.1 Å². The third-order valence-corrected chi connectivity index (χ3v) is 4.63. The van der Waals surface area contributed by atoms with Crippen LogP contribution in [0.4, 0.5) is 5.69 Å². The molecule has 2 atom stereocenters. The number of rotatable bonds is 7. The minimum Gasteiger partial charge on any atom is -0.388 e. The van der Waals surface area contributed by atoms with Crippen molar-refractivity contribution in [1.82, 2.24) is 10.3 Å². The van der Waals surface area contributed by atoms with Gasteiger partial charge in [-0.25, -0.2) is 0 Å². The van der Waals surface area contributed by atoms with Crippen molar-refractivity contribution < 1.29 is 14.8 Å². The number of nitrogens with zero attached hydrogens (tertiary/aromatic N) is 1. The van der Waals surface area contributed by atoms with Crippen LogP contribution in [0.25, 0.3) is 10.9 Å². The summed E-state index contributed by atoms with van der Waals surface area (Å²) in [7, 11) is 0. The Kier molecular flexibility index (Phi) is 5.23. The van der Waals surface area contributed by atoms with Gasteiger partial charge in [0.05, 0.1) is 16.9 Å². The SMILES string of the molecule is CCC(C)C(C)(O)CNC(=O)Cc1c[nH]c2ccc([N+](=O)[O-])cc12. The fourth-order valence-corrected chi connectivity index (χ4v) is 2.55.